The molecule has 0 unspecified atom stereocenters. The van der Waals surface area contributed by atoms with E-state index in [-0.39, 0.29) is 17.1 Å². The monoisotopic (exact) mass is 272 g/mol. The lowest BCUT2D eigenvalue weighted by Crippen LogP contribution is -2.02. The molecule has 104 valence electrons. The number of Topliss-reactive ketones (excluding diaryl/α,β-unsaturated/α-hetero) is 1. The van der Waals surface area contributed by atoms with Gasteiger partial charge in [0.1, 0.15) is 5.75 Å². The predicted molar refractivity (Wildman–Crippen MR) is 77.1 cm³/mol. The van der Waals surface area contributed by atoms with Crippen molar-refractivity contribution in [3.05, 3.63) is 58.4 Å². The Morgan fingerprint density at radius 1 is 1.00 bits per heavy atom. The van der Waals surface area contributed by atoms with Crippen LogP contribution in [0.1, 0.15) is 34.0 Å². The quantitative estimate of drug-likeness (QED) is 0.754. The van der Waals surface area contributed by atoms with Gasteiger partial charge in [-0.1, -0.05) is 18.2 Å². The lowest BCUT2D eigenvalue weighted by molar-refractivity contribution is 0.101. The predicted octanol–water partition coefficient (Wildman–Crippen LogP) is 4.75. The highest BCUT2D eigenvalue weighted by atomic mass is 19.1. The Labute approximate surface area is 118 Å². The van der Waals surface area contributed by atoms with Crippen molar-refractivity contribution in [1.82, 2.24) is 0 Å². The number of para-hydroxylation sites is 1. The molecule has 0 radical (unpaired) electrons. The molecule has 0 aromatic heterocycles. The van der Waals surface area contributed by atoms with Crippen LogP contribution in [-0.4, -0.2) is 5.78 Å². The molecule has 0 fully saturated rings. The van der Waals surface area contributed by atoms with Crippen molar-refractivity contribution in [2.75, 3.05) is 0 Å². The lowest BCUT2D eigenvalue weighted by Gasteiger charge is -2.16. The molecular weight excluding hydrogens is 255 g/mol. The zero-order valence-corrected chi connectivity index (χ0v) is 12.1. The van der Waals surface area contributed by atoms with E-state index in [1.807, 2.05) is 32.9 Å². The Hall–Kier alpha value is -2.16. The van der Waals surface area contributed by atoms with E-state index in [0.717, 1.165) is 16.7 Å². The Balaban J connectivity index is 2.56. The maximum atomic E-state index is 14.0. The first-order valence-corrected chi connectivity index (χ1v) is 6.46. The Kier molecular flexibility index (Phi) is 3.89. The number of carbonyl (C=O) groups is 1. The zero-order chi connectivity index (χ0) is 14.9. The molecule has 0 aliphatic carbocycles. The van der Waals surface area contributed by atoms with Crippen LogP contribution in [0.5, 0.6) is 11.5 Å². The highest BCUT2D eigenvalue weighted by Gasteiger charge is 2.16. The fourth-order valence-corrected chi connectivity index (χ4v) is 2.07. The topological polar surface area (TPSA) is 26.3 Å². The number of rotatable bonds is 3. The normalized spacial score (nSPS) is 10.4. The standard InChI is InChI=1S/C17H17FO2/c1-10-8-9-11(2)16(12(10)3)20-17-14(13(4)19)6-5-7-15(17)18/h5-9H,1-4H3. The molecular formula is C17H17FO2. The first-order chi connectivity index (χ1) is 9.41. The smallest absolute Gasteiger partial charge is 0.173 e. The number of hydrogen-bond donors (Lipinski definition) is 0. The van der Waals surface area contributed by atoms with Crippen LogP contribution in [0.15, 0.2) is 30.3 Å². The summed E-state index contributed by atoms with van der Waals surface area (Å²) in [4.78, 5) is 11.6. The van der Waals surface area contributed by atoms with E-state index in [2.05, 4.69) is 0 Å². The zero-order valence-electron chi connectivity index (χ0n) is 12.1. The van der Waals surface area contributed by atoms with Crippen LogP contribution in [0.4, 0.5) is 4.39 Å². The minimum absolute atomic E-state index is 0.00296. The third-order valence-electron chi connectivity index (χ3n) is 3.42. The van der Waals surface area contributed by atoms with Gasteiger partial charge in [0.15, 0.2) is 17.3 Å². The van der Waals surface area contributed by atoms with E-state index in [0.29, 0.717) is 5.75 Å². The van der Waals surface area contributed by atoms with Crippen LogP contribution in [0.3, 0.4) is 0 Å². The van der Waals surface area contributed by atoms with Crippen LogP contribution in [0.2, 0.25) is 0 Å². The van der Waals surface area contributed by atoms with Gasteiger partial charge in [-0.05, 0) is 56.5 Å². The van der Waals surface area contributed by atoms with Gasteiger partial charge >= 0.3 is 0 Å². The minimum Gasteiger partial charge on any atom is -0.453 e. The van der Waals surface area contributed by atoms with E-state index < -0.39 is 5.82 Å². The van der Waals surface area contributed by atoms with Gasteiger partial charge in [-0.25, -0.2) is 4.39 Å². The van der Waals surface area contributed by atoms with Crippen LogP contribution in [0, 0.1) is 26.6 Å². The van der Waals surface area contributed by atoms with E-state index in [1.165, 1.54) is 19.1 Å². The molecule has 0 aliphatic rings. The molecule has 0 bridgehead atoms. The second-order valence-electron chi connectivity index (χ2n) is 4.93. The second kappa shape index (κ2) is 5.45. The molecule has 0 atom stereocenters. The number of ether oxygens (including phenoxy) is 1. The summed E-state index contributed by atoms with van der Waals surface area (Å²) in [5, 5.41) is 0. The molecule has 2 aromatic rings. The van der Waals surface area contributed by atoms with Gasteiger partial charge in [0.2, 0.25) is 0 Å². The summed E-state index contributed by atoms with van der Waals surface area (Å²) in [6.07, 6.45) is 0. The lowest BCUT2D eigenvalue weighted by atomic mass is 10.0. The van der Waals surface area contributed by atoms with Crippen molar-refractivity contribution in [2.45, 2.75) is 27.7 Å². The van der Waals surface area contributed by atoms with Crippen molar-refractivity contribution in [3.63, 3.8) is 0 Å². The van der Waals surface area contributed by atoms with Gasteiger partial charge in [0.05, 0.1) is 5.56 Å². The van der Waals surface area contributed by atoms with Gasteiger partial charge in [0, 0.05) is 0 Å². The molecule has 0 N–H and O–H groups in total. The van der Waals surface area contributed by atoms with Crippen molar-refractivity contribution in [2.24, 2.45) is 0 Å². The number of ketones is 1. The molecule has 2 aromatic carbocycles. The van der Waals surface area contributed by atoms with Crippen molar-refractivity contribution in [1.29, 1.82) is 0 Å². The summed E-state index contributed by atoms with van der Waals surface area (Å²) in [7, 11) is 0. The molecule has 0 amide bonds. The molecule has 0 saturated heterocycles. The highest BCUT2D eigenvalue weighted by molar-refractivity contribution is 5.97. The van der Waals surface area contributed by atoms with E-state index in [9.17, 15) is 9.18 Å². The van der Waals surface area contributed by atoms with Crippen molar-refractivity contribution in [3.8, 4) is 11.5 Å². The summed E-state index contributed by atoms with van der Waals surface area (Å²) in [6.45, 7) is 7.19. The van der Waals surface area contributed by atoms with E-state index in [4.69, 9.17) is 4.74 Å². The Bertz CT molecular complexity index is 675. The first kappa shape index (κ1) is 14.3. The van der Waals surface area contributed by atoms with Crippen LogP contribution < -0.4 is 4.74 Å². The molecule has 2 nitrogen and oxygen atoms in total. The fourth-order valence-electron chi connectivity index (χ4n) is 2.07. The van der Waals surface area contributed by atoms with E-state index in [1.54, 1.807) is 6.07 Å². The largest absolute Gasteiger partial charge is 0.453 e. The average molecular weight is 272 g/mol. The molecule has 0 aliphatic heterocycles. The Morgan fingerprint density at radius 3 is 2.30 bits per heavy atom. The van der Waals surface area contributed by atoms with Gasteiger partial charge < -0.3 is 4.74 Å². The number of benzene rings is 2. The van der Waals surface area contributed by atoms with Crippen LogP contribution >= 0.6 is 0 Å². The van der Waals surface area contributed by atoms with Crippen molar-refractivity contribution < 1.29 is 13.9 Å². The summed E-state index contributed by atoms with van der Waals surface area (Å²) < 4.78 is 19.7. The second-order valence-corrected chi connectivity index (χ2v) is 4.93. The Morgan fingerprint density at radius 2 is 1.65 bits per heavy atom. The summed E-state index contributed by atoms with van der Waals surface area (Å²) >= 11 is 0. The fraction of sp³-hybridized carbons (Fsp3) is 0.235. The third kappa shape index (κ3) is 2.57. The average Bonchev–Trinajstić information content (AvgIpc) is 2.40. The summed E-state index contributed by atoms with van der Waals surface area (Å²) in [5.41, 5.74) is 3.17. The first-order valence-electron chi connectivity index (χ1n) is 6.46. The summed E-state index contributed by atoms with van der Waals surface area (Å²) in [5.74, 6) is -0.144. The number of halogens is 1. The van der Waals surface area contributed by atoms with Gasteiger partial charge in [-0.15, -0.1) is 0 Å². The van der Waals surface area contributed by atoms with Gasteiger partial charge in [0.25, 0.3) is 0 Å². The third-order valence-corrected chi connectivity index (χ3v) is 3.42. The minimum atomic E-state index is -0.530. The summed E-state index contributed by atoms with van der Waals surface area (Å²) in [6, 6.07) is 8.29. The molecule has 3 heteroatoms. The molecule has 20 heavy (non-hydrogen) atoms. The van der Waals surface area contributed by atoms with Gasteiger partial charge in [-0.2, -0.15) is 0 Å². The molecule has 0 spiro atoms. The van der Waals surface area contributed by atoms with Gasteiger partial charge in [-0.3, -0.25) is 4.79 Å². The maximum absolute atomic E-state index is 14.0. The molecule has 0 heterocycles. The highest BCUT2D eigenvalue weighted by Crippen LogP contribution is 2.34. The van der Waals surface area contributed by atoms with Crippen LogP contribution in [0.25, 0.3) is 0 Å². The molecule has 0 saturated carbocycles. The van der Waals surface area contributed by atoms with E-state index >= 15 is 0 Å². The number of aryl methyl sites for hydroxylation is 2. The number of carbonyl (C=O) groups excluding carboxylic acids is 1. The van der Waals surface area contributed by atoms with Crippen LogP contribution in [-0.2, 0) is 0 Å². The SMILES string of the molecule is CC(=O)c1cccc(F)c1Oc1c(C)ccc(C)c1C. The maximum Gasteiger partial charge on any atom is 0.173 e. The molecule has 2 rings (SSSR count). The number of hydrogen-bond acceptors (Lipinski definition) is 2. The van der Waals surface area contributed by atoms with Crippen molar-refractivity contribution >= 4 is 5.78 Å².